The zero-order valence-corrected chi connectivity index (χ0v) is 14.3. The van der Waals surface area contributed by atoms with Crippen molar-refractivity contribution >= 4 is 27.7 Å². The molecule has 3 heterocycles. The Balaban J connectivity index is 1.50. The van der Waals surface area contributed by atoms with Crippen LogP contribution in [0, 0.1) is 0 Å². The van der Waals surface area contributed by atoms with Crippen molar-refractivity contribution in [1.82, 2.24) is 24.8 Å². The van der Waals surface area contributed by atoms with Crippen LogP contribution in [0.4, 0.5) is 5.82 Å². The summed E-state index contributed by atoms with van der Waals surface area (Å²) in [6, 6.07) is 7.44. The lowest BCUT2D eigenvalue weighted by Gasteiger charge is -2.08. The number of nitrogens with one attached hydrogen (secondary N) is 2. The summed E-state index contributed by atoms with van der Waals surface area (Å²) < 4.78 is 2.67. The molecule has 0 bridgehead atoms. The van der Waals surface area contributed by atoms with Gasteiger partial charge in [0.1, 0.15) is 18.0 Å². The quantitative estimate of drug-likeness (QED) is 0.634. The molecular weight excluding hydrogens is 372 g/mol. The van der Waals surface area contributed by atoms with Crippen LogP contribution in [-0.2, 0) is 0 Å². The van der Waals surface area contributed by atoms with Gasteiger partial charge in [-0.2, -0.15) is 0 Å². The molecule has 0 saturated carbocycles. The number of amides is 1. The van der Waals surface area contributed by atoms with E-state index in [4.69, 9.17) is 0 Å². The molecule has 0 saturated heterocycles. The summed E-state index contributed by atoms with van der Waals surface area (Å²) in [5.41, 5.74) is 0.515. The standard InChI is InChI=1S/C16H15BrN6O/c17-13-7-12(9-18-10-13)16(24)20-4-3-19-14-8-15(22-11-21-14)23-5-1-2-6-23/h1-2,5-11H,3-4H2,(H,20,24)(H,19,21,22). The first-order valence-electron chi connectivity index (χ1n) is 7.30. The van der Waals surface area contributed by atoms with E-state index in [2.05, 4.69) is 41.5 Å². The van der Waals surface area contributed by atoms with Gasteiger partial charge in [-0.1, -0.05) is 0 Å². The monoisotopic (exact) mass is 386 g/mol. The Kier molecular flexibility index (Phi) is 5.17. The Hall–Kier alpha value is -2.74. The lowest BCUT2D eigenvalue weighted by atomic mass is 10.3. The van der Waals surface area contributed by atoms with Gasteiger partial charge >= 0.3 is 0 Å². The third-order valence-electron chi connectivity index (χ3n) is 3.21. The lowest BCUT2D eigenvalue weighted by Crippen LogP contribution is -2.29. The van der Waals surface area contributed by atoms with Gasteiger partial charge in [0.25, 0.3) is 5.91 Å². The molecule has 0 aromatic carbocycles. The third-order valence-corrected chi connectivity index (χ3v) is 3.64. The lowest BCUT2D eigenvalue weighted by molar-refractivity contribution is 0.0954. The fourth-order valence-corrected chi connectivity index (χ4v) is 2.44. The van der Waals surface area contributed by atoms with Crippen molar-refractivity contribution in [3.63, 3.8) is 0 Å². The predicted molar refractivity (Wildman–Crippen MR) is 94.1 cm³/mol. The molecule has 0 atom stereocenters. The minimum atomic E-state index is -0.165. The molecule has 0 aliphatic heterocycles. The molecular formula is C16H15BrN6O. The van der Waals surface area contributed by atoms with Gasteiger partial charge in [-0.25, -0.2) is 9.97 Å². The van der Waals surface area contributed by atoms with Crippen LogP contribution in [0.5, 0.6) is 0 Å². The van der Waals surface area contributed by atoms with E-state index in [9.17, 15) is 4.79 Å². The predicted octanol–water partition coefficient (Wildman–Crippen LogP) is 2.27. The number of anilines is 1. The fraction of sp³-hybridized carbons (Fsp3) is 0.125. The van der Waals surface area contributed by atoms with Crippen LogP contribution in [-0.4, -0.2) is 38.5 Å². The molecule has 0 unspecified atom stereocenters. The molecule has 0 fully saturated rings. The van der Waals surface area contributed by atoms with E-state index in [0.29, 0.717) is 24.5 Å². The summed E-state index contributed by atoms with van der Waals surface area (Å²) in [6.07, 6.45) is 8.50. The molecule has 2 N–H and O–H groups in total. The van der Waals surface area contributed by atoms with Crippen molar-refractivity contribution in [3.8, 4) is 5.82 Å². The van der Waals surface area contributed by atoms with E-state index in [-0.39, 0.29) is 5.91 Å². The van der Waals surface area contributed by atoms with E-state index < -0.39 is 0 Å². The largest absolute Gasteiger partial charge is 0.368 e. The van der Waals surface area contributed by atoms with Crippen molar-refractivity contribution in [2.45, 2.75) is 0 Å². The van der Waals surface area contributed by atoms with Crippen LogP contribution < -0.4 is 10.6 Å². The number of pyridine rings is 1. The number of halogens is 1. The van der Waals surface area contributed by atoms with Crippen LogP contribution >= 0.6 is 15.9 Å². The first kappa shape index (κ1) is 16.1. The van der Waals surface area contributed by atoms with Gasteiger partial charge in [-0.15, -0.1) is 0 Å². The second-order valence-corrected chi connectivity index (χ2v) is 5.84. The van der Waals surface area contributed by atoms with Crippen LogP contribution in [0.2, 0.25) is 0 Å². The summed E-state index contributed by atoms with van der Waals surface area (Å²) in [5.74, 6) is 1.31. The zero-order chi connectivity index (χ0) is 16.8. The summed E-state index contributed by atoms with van der Waals surface area (Å²) in [7, 11) is 0. The number of hydrogen-bond donors (Lipinski definition) is 2. The average molecular weight is 387 g/mol. The van der Waals surface area contributed by atoms with Crippen molar-refractivity contribution in [2.24, 2.45) is 0 Å². The highest BCUT2D eigenvalue weighted by Gasteiger charge is 2.05. The summed E-state index contributed by atoms with van der Waals surface area (Å²) in [5, 5.41) is 5.99. The molecule has 1 amide bonds. The molecule has 3 rings (SSSR count). The van der Waals surface area contributed by atoms with E-state index in [1.165, 1.54) is 12.5 Å². The first-order chi connectivity index (χ1) is 11.7. The van der Waals surface area contributed by atoms with Crippen LogP contribution in [0.1, 0.15) is 10.4 Å². The molecule has 0 aliphatic carbocycles. The molecule has 3 aromatic rings. The number of carbonyl (C=O) groups excluding carboxylic acids is 1. The molecule has 122 valence electrons. The highest BCUT2D eigenvalue weighted by atomic mass is 79.9. The molecule has 24 heavy (non-hydrogen) atoms. The van der Waals surface area contributed by atoms with Gasteiger partial charge in [0.05, 0.1) is 5.56 Å². The molecule has 3 aromatic heterocycles. The van der Waals surface area contributed by atoms with Crippen molar-refractivity contribution < 1.29 is 4.79 Å². The van der Waals surface area contributed by atoms with E-state index >= 15 is 0 Å². The summed E-state index contributed by atoms with van der Waals surface area (Å²) in [6.45, 7) is 1.02. The maximum Gasteiger partial charge on any atom is 0.252 e. The van der Waals surface area contributed by atoms with Gasteiger partial charge in [-0.05, 0) is 34.1 Å². The van der Waals surface area contributed by atoms with Gasteiger partial charge in [0.15, 0.2) is 0 Å². The summed E-state index contributed by atoms with van der Waals surface area (Å²) in [4.78, 5) is 24.3. The molecule has 0 spiro atoms. The highest BCUT2D eigenvalue weighted by Crippen LogP contribution is 2.10. The van der Waals surface area contributed by atoms with Crippen LogP contribution in [0.15, 0.2) is 59.9 Å². The number of hydrogen-bond acceptors (Lipinski definition) is 5. The van der Waals surface area contributed by atoms with Gasteiger partial charge in [-0.3, -0.25) is 9.78 Å². The SMILES string of the molecule is O=C(NCCNc1cc(-n2cccc2)ncn1)c1cncc(Br)c1. The average Bonchev–Trinajstić information content (AvgIpc) is 3.13. The van der Waals surface area contributed by atoms with Crippen molar-refractivity contribution in [2.75, 3.05) is 18.4 Å². The second kappa shape index (κ2) is 7.69. The number of aromatic nitrogens is 4. The Morgan fingerprint density at radius 1 is 1.12 bits per heavy atom. The van der Waals surface area contributed by atoms with Crippen LogP contribution in [0.3, 0.4) is 0 Å². The Bertz CT molecular complexity index is 821. The van der Waals surface area contributed by atoms with E-state index in [0.717, 1.165) is 10.3 Å². The van der Waals surface area contributed by atoms with E-state index in [1.54, 1.807) is 12.3 Å². The molecule has 8 heteroatoms. The fourth-order valence-electron chi connectivity index (χ4n) is 2.08. The maximum absolute atomic E-state index is 12.0. The minimum absolute atomic E-state index is 0.165. The van der Waals surface area contributed by atoms with Gasteiger partial charge < -0.3 is 15.2 Å². The molecule has 7 nitrogen and oxygen atoms in total. The number of rotatable bonds is 6. The van der Waals surface area contributed by atoms with Gasteiger partial charge in [0.2, 0.25) is 0 Å². The molecule has 0 radical (unpaired) electrons. The van der Waals surface area contributed by atoms with Crippen molar-refractivity contribution in [3.05, 3.63) is 65.4 Å². The second-order valence-electron chi connectivity index (χ2n) is 4.93. The number of nitrogens with zero attached hydrogens (tertiary/aromatic N) is 4. The smallest absolute Gasteiger partial charge is 0.252 e. The number of carbonyl (C=O) groups is 1. The summed E-state index contributed by atoms with van der Waals surface area (Å²) >= 11 is 3.29. The topological polar surface area (TPSA) is 84.7 Å². The Labute approximate surface area is 147 Å². The van der Waals surface area contributed by atoms with Crippen molar-refractivity contribution in [1.29, 1.82) is 0 Å². The van der Waals surface area contributed by atoms with Gasteiger partial charge in [0, 0.05) is 48.4 Å². The zero-order valence-electron chi connectivity index (χ0n) is 12.7. The normalized spacial score (nSPS) is 10.4. The first-order valence-corrected chi connectivity index (χ1v) is 8.10. The van der Waals surface area contributed by atoms with E-state index in [1.807, 2.05) is 35.2 Å². The van der Waals surface area contributed by atoms with Crippen LogP contribution in [0.25, 0.3) is 5.82 Å². The Morgan fingerprint density at radius 2 is 1.96 bits per heavy atom. The maximum atomic E-state index is 12.0. The molecule has 0 aliphatic rings. The highest BCUT2D eigenvalue weighted by molar-refractivity contribution is 9.10. The Morgan fingerprint density at radius 3 is 2.75 bits per heavy atom. The minimum Gasteiger partial charge on any atom is -0.368 e. The third kappa shape index (κ3) is 4.17.